The Morgan fingerprint density at radius 1 is 1.17 bits per heavy atom. The zero-order valence-corrected chi connectivity index (χ0v) is 17.3. The molecule has 0 saturated carbocycles. The number of ketones is 1. The number of aliphatic hydroxyl groups excluding tert-OH is 1. The van der Waals surface area contributed by atoms with Crippen molar-refractivity contribution in [1.82, 2.24) is 9.80 Å². The Morgan fingerprint density at radius 3 is 2.45 bits per heavy atom. The monoisotopic (exact) mass is 414 g/mol. The number of nitrogens with zero attached hydrogens (tertiary/aromatic N) is 2. The fourth-order valence-electron chi connectivity index (χ4n) is 3.37. The SMILES string of the molecule is COc1ccc(/C(O)=C2\C(=O)C(=O)N(CCN(C)C)[C@@H]2c2ccccc2)cc1Cl. The van der Waals surface area contributed by atoms with Crippen molar-refractivity contribution in [2.45, 2.75) is 6.04 Å². The minimum Gasteiger partial charge on any atom is -0.507 e. The third-order valence-corrected chi connectivity index (χ3v) is 5.16. The minimum absolute atomic E-state index is 0.0567. The smallest absolute Gasteiger partial charge is 0.295 e. The van der Waals surface area contributed by atoms with Crippen molar-refractivity contribution in [2.24, 2.45) is 0 Å². The Bertz CT molecular complexity index is 957. The molecule has 7 heteroatoms. The topological polar surface area (TPSA) is 70.1 Å². The summed E-state index contributed by atoms with van der Waals surface area (Å²) in [5.41, 5.74) is 1.16. The van der Waals surface area contributed by atoms with Crippen LogP contribution in [-0.4, -0.2) is 60.9 Å². The molecule has 152 valence electrons. The maximum atomic E-state index is 12.9. The quantitative estimate of drug-likeness (QED) is 0.446. The highest BCUT2D eigenvalue weighted by molar-refractivity contribution is 6.46. The van der Waals surface area contributed by atoms with Crippen molar-refractivity contribution in [3.63, 3.8) is 0 Å². The van der Waals surface area contributed by atoms with Crippen LogP contribution in [0.3, 0.4) is 0 Å². The van der Waals surface area contributed by atoms with Crippen molar-refractivity contribution in [1.29, 1.82) is 0 Å². The summed E-state index contributed by atoms with van der Waals surface area (Å²) >= 11 is 6.19. The number of benzene rings is 2. The molecule has 1 amide bonds. The maximum absolute atomic E-state index is 12.9. The Hall–Kier alpha value is -2.83. The van der Waals surface area contributed by atoms with Gasteiger partial charge in [-0.1, -0.05) is 41.9 Å². The van der Waals surface area contributed by atoms with Crippen LogP contribution >= 0.6 is 11.6 Å². The third-order valence-electron chi connectivity index (χ3n) is 4.87. The summed E-state index contributed by atoms with van der Waals surface area (Å²) in [6.45, 7) is 0.946. The molecule has 2 aromatic rings. The first-order valence-corrected chi connectivity index (χ1v) is 9.55. The van der Waals surface area contributed by atoms with Gasteiger partial charge in [-0.3, -0.25) is 9.59 Å². The van der Waals surface area contributed by atoms with E-state index in [1.54, 1.807) is 12.1 Å². The lowest BCUT2D eigenvalue weighted by atomic mass is 9.95. The molecule has 0 radical (unpaired) electrons. The molecule has 0 unspecified atom stereocenters. The van der Waals surface area contributed by atoms with E-state index in [1.165, 1.54) is 18.1 Å². The molecule has 3 rings (SSSR count). The lowest BCUT2D eigenvalue weighted by molar-refractivity contribution is -0.140. The summed E-state index contributed by atoms with van der Waals surface area (Å²) in [5.74, 6) is -1.13. The van der Waals surface area contributed by atoms with Crippen molar-refractivity contribution in [3.8, 4) is 5.75 Å². The van der Waals surface area contributed by atoms with Gasteiger partial charge >= 0.3 is 0 Å². The fourth-order valence-corrected chi connectivity index (χ4v) is 3.63. The first-order valence-electron chi connectivity index (χ1n) is 9.17. The molecule has 1 atom stereocenters. The number of methoxy groups -OCH3 is 1. The van der Waals surface area contributed by atoms with Gasteiger partial charge in [-0.05, 0) is 37.9 Å². The molecular formula is C22H23ClN2O4. The zero-order valence-electron chi connectivity index (χ0n) is 16.6. The van der Waals surface area contributed by atoms with Crippen LogP contribution in [0.25, 0.3) is 5.76 Å². The van der Waals surface area contributed by atoms with Gasteiger partial charge in [0, 0.05) is 18.7 Å². The molecule has 29 heavy (non-hydrogen) atoms. The summed E-state index contributed by atoms with van der Waals surface area (Å²) in [6, 6.07) is 13.3. The Labute approximate surface area is 174 Å². The number of rotatable bonds is 6. The summed E-state index contributed by atoms with van der Waals surface area (Å²) in [7, 11) is 5.29. The number of halogens is 1. The Balaban J connectivity index is 2.13. The second-order valence-corrected chi connectivity index (χ2v) is 7.46. The number of carbonyl (C=O) groups is 2. The van der Waals surface area contributed by atoms with Crippen LogP contribution in [0.4, 0.5) is 0 Å². The third kappa shape index (κ3) is 4.13. The van der Waals surface area contributed by atoms with Gasteiger partial charge in [0.15, 0.2) is 0 Å². The highest BCUT2D eigenvalue weighted by atomic mass is 35.5. The standard InChI is InChI=1S/C22H23ClN2O4/c1-24(2)11-12-25-19(14-7-5-4-6-8-14)18(21(27)22(25)28)20(26)15-9-10-17(29-3)16(23)13-15/h4-10,13,19,26H,11-12H2,1-3H3/b20-18+/t19-/m1/s1. The van der Waals surface area contributed by atoms with Crippen LogP contribution in [-0.2, 0) is 9.59 Å². The van der Waals surface area contributed by atoms with Crippen LogP contribution in [0.15, 0.2) is 54.1 Å². The molecule has 6 nitrogen and oxygen atoms in total. The molecule has 0 aromatic heterocycles. The van der Waals surface area contributed by atoms with Crippen molar-refractivity contribution in [3.05, 3.63) is 70.3 Å². The first-order chi connectivity index (χ1) is 13.8. The molecule has 1 aliphatic rings. The van der Waals surface area contributed by atoms with E-state index in [9.17, 15) is 14.7 Å². The molecule has 1 heterocycles. The molecule has 2 aromatic carbocycles. The van der Waals surface area contributed by atoms with Crippen molar-refractivity contribution in [2.75, 3.05) is 34.3 Å². The maximum Gasteiger partial charge on any atom is 0.295 e. The highest BCUT2D eigenvalue weighted by Gasteiger charge is 2.45. The highest BCUT2D eigenvalue weighted by Crippen LogP contribution is 2.40. The van der Waals surface area contributed by atoms with Crippen LogP contribution in [0.1, 0.15) is 17.2 Å². The number of hydrogen-bond donors (Lipinski definition) is 1. The van der Waals surface area contributed by atoms with E-state index in [4.69, 9.17) is 16.3 Å². The van der Waals surface area contributed by atoms with Gasteiger partial charge in [-0.15, -0.1) is 0 Å². The van der Waals surface area contributed by atoms with Gasteiger partial charge in [0.25, 0.3) is 11.7 Å². The fraction of sp³-hybridized carbons (Fsp3) is 0.273. The zero-order chi connectivity index (χ0) is 21.1. The number of aliphatic hydroxyl groups is 1. The summed E-state index contributed by atoms with van der Waals surface area (Å²) < 4.78 is 5.14. The van der Waals surface area contributed by atoms with E-state index < -0.39 is 17.7 Å². The number of hydrogen-bond acceptors (Lipinski definition) is 5. The molecule has 0 spiro atoms. The molecule has 1 saturated heterocycles. The largest absolute Gasteiger partial charge is 0.507 e. The predicted octanol–water partition coefficient (Wildman–Crippen LogP) is 3.33. The Kier molecular flexibility index (Phi) is 6.25. The first kappa shape index (κ1) is 20.9. The number of carbonyl (C=O) groups excluding carboxylic acids is 2. The molecular weight excluding hydrogens is 392 g/mol. The van der Waals surface area contributed by atoms with Crippen molar-refractivity contribution < 1.29 is 19.4 Å². The summed E-state index contributed by atoms with van der Waals surface area (Å²) in [6.07, 6.45) is 0. The molecule has 1 N–H and O–H groups in total. The van der Waals surface area contributed by atoms with E-state index in [2.05, 4.69) is 0 Å². The second kappa shape index (κ2) is 8.68. The van der Waals surface area contributed by atoms with Gasteiger partial charge in [-0.2, -0.15) is 0 Å². The average molecular weight is 415 g/mol. The molecule has 0 aliphatic carbocycles. The van der Waals surface area contributed by atoms with E-state index in [-0.39, 0.29) is 11.3 Å². The summed E-state index contributed by atoms with van der Waals surface area (Å²) in [5, 5.41) is 11.3. The lowest BCUT2D eigenvalue weighted by Gasteiger charge is -2.26. The van der Waals surface area contributed by atoms with Gasteiger partial charge in [0.05, 0.1) is 23.7 Å². The van der Waals surface area contributed by atoms with Crippen molar-refractivity contribution >= 4 is 29.1 Å². The molecule has 1 aliphatic heterocycles. The number of likely N-dealkylation sites (tertiary alicyclic amines) is 1. The van der Waals surface area contributed by atoms with Gasteiger partial charge in [0.2, 0.25) is 0 Å². The lowest BCUT2D eigenvalue weighted by Crippen LogP contribution is -2.35. The van der Waals surface area contributed by atoms with Crippen LogP contribution in [0.2, 0.25) is 5.02 Å². The van der Waals surface area contributed by atoms with E-state index in [0.29, 0.717) is 29.4 Å². The normalized spacial score (nSPS) is 18.5. The van der Waals surface area contributed by atoms with Crippen LogP contribution < -0.4 is 4.74 Å². The number of amides is 1. The predicted molar refractivity (Wildman–Crippen MR) is 112 cm³/mol. The Morgan fingerprint density at radius 2 is 1.86 bits per heavy atom. The molecule has 1 fully saturated rings. The number of likely N-dealkylation sites (N-methyl/N-ethyl adjacent to an activating group) is 1. The van der Waals surface area contributed by atoms with Gasteiger partial charge in [0.1, 0.15) is 11.5 Å². The number of Topliss-reactive ketones (excluding diaryl/α,β-unsaturated/α-hetero) is 1. The number of ether oxygens (including phenoxy) is 1. The molecule has 0 bridgehead atoms. The van der Waals surface area contributed by atoms with E-state index >= 15 is 0 Å². The van der Waals surface area contributed by atoms with Crippen LogP contribution in [0.5, 0.6) is 5.75 Å². The minimum atomic E-state index is -0.706. The van der Waals surface area contributed by atoms with Gasteiger partial charge in [-0.25, -0.2) is 0 Å². The van der Waals surface area contributed by atoms with E-state index in [1.807, 2.05) is 49.3 Å². The van der Waals surface area contributed by atoms with E-state index in [0.717, 1.165) is 5.56 Å². The second-order valence-electron chi connectivity index (χ2n) is 7.06. The average Bonchev–Trinajstić information content (AvgIpc) is 2.97. The van der Waals surface area contributed by atoms with Gasteiger partial charge < -0.3 is 19.6 Å². The van der Waals surface area contributed by atoms with Crippen LogP contribution in [0, 0.1) is 0 Å². The summed E-state index contributed by atoms with van der Waals surface area (Å²) in [4.78, 5) is 29.1.